The van der Waals surface area contributed by atoms with E-state index in [9.17, 15) is 14.4 Å². The lowest BCUT2D eigenvalue weighted by Gasteiger charge is -2.23. The normalized spacial score (nSPS) is 14.8. The highest BCUT2D eigenvalue weighted by atomic mass is 16.4. The maximum atomic E-state index is 12.6. The van der Waals surface area contributed by atoms with Crippen molar-refractivity contribution in [3.8, 4) is 0 Å². The molecule has 0 saturated carbocycles. The molecule has 1 N–H and O–H groups in total. The number of likely N-dealkylation sites (N-methyl/N-ethyl adjacent to an activating group) is 1. The molecule has 2 amide bonds. The molecule has 142 valence electrons. The molecule has 0 bridgehead atoms. The Balaban J connectivity index is 2.16. The number of anilines is 1. The minimum absolute atomic E-state index is 0.0143. The Labute approximate surface area is 159 Å². The number of aryl methyl sites for hydroxylation is 2. The summed E-state index contributed by atoms with van der Waals surface area (Å²) >= 11 is 0. The van der Waals surface area contributed by atoms with Crippen molar-refractivity contribution >= 4 is 23.5 Å². The largest absolute Gasteiger partial charge is 0.478 e. The van der Waals surface area contributed by atoms with Crippen LogP contribution in [0.4, 0.5) is 5.69 Å². The van der Waals surface area contributed by atoms with Gasteiger partial charge in [0.1, 0.15) is 0 Å². The van der Waals surface area contributed by atoms with E-state index in [2.05, 4.69) is 12.6 Å². The summed E-state index contributed by atoms with van der Waals surface area (Å²) in [5.74, 6) is -2.09. The van der Waals surface area contributed by atoms with E-state index in [0.717, 1.165) is 10.6 Å². The molecule has 0 radical (unpaired) electrons. The van der Waals surface area contributed by atoms with Gasteiger partial charge in [-0.3, -0.25) is 14.5 Å². The van der Waals surface area contributed by atoms with Gasteiger partial charge in [-0.05, 0) is 50.1 Å². The van der Waals surface area contributed by atoms with Crippen molar-refractivity contribution < 1.29 is 19.5 Å². The van der Waals surface area contributed by atoms with Crippen LogP contribution in [0.15, 0.2) is 53.6 Å². The summed E-state index contributed by atoms with van der Waals surface area (Å²) in [5, 5.41) is 9.03. The van der Waals surface area contributed by atoms with E-state index in [0.29, 0.717) is 6.54 Å². The number of carboxylic acid groups (broad SMARTS) is 1. The van der Waals surface area contributed by atoms with E-state index >= 15 is 0 Å². The molecule has 2 rings (SSSR count). The van der Waals surface area contributed by atoms with Crippen LogP contribution in [-0.2, 0) is 14.4 Å². The zero-order valence-electron chi connectivity index (χ0n) is 16.1. The summed E-state index contributed by atoms with van der Waals surface area (Å²) in [6, 6.07) is 6.08. The lowest BCUT2D eigenvalue weighted by molar-refractivity contribution is -0.137. The second-order valence-electron chi connectivity index (χ2n) is 6.62. The van der Waals surface area contributed by atoms with Crippen molar-refractivity contribution in [1.29, 1.82) is 0 Å². The first-order valence-corrected chi connectivity index (χ1v) is 8.60. The number of carbonyl (C=O) groups is 3. The molecule has 27 heavy (non-hydrogen) atoms. The zero-order valence-corrected chi connectivity index (χ0v) is 16.1. The maximum absolute atomic E-state index is 12.6. The SMILES string of the molecule is C=CC1=C(/C=C(\C)C(=O)O)C(=O)N(CCN(C)c2ccc(C)c(C)c2)C1=O. The van der Waals surface area contributed by atoms with Crippen LogP contribution in [0.25, 0.3) is 0 Å². The Morgan fingerprint density at radius 2 is 1.81 bits per heavy atom. The molecule has 1 aliphatic rings. The third-order valence-electron chi connectivity index (χ3n) is 4.73. The summed E-state index contributed by atoms with van der Waals surface area (Å²) < 4.78 is 0. The van der Waals surface area contributed by atoms with Gasteiger partial charge < -0.3 is 10.0 Å². The van der Waals surface area contributed by atoms with Crippen molar-refractivity contribution in [2.75, 3.05) is 25.0 Å². The predicted octanol–water partition coefficient (Wildman–Crippen LogP) is 2.62. The topological polar surface area (TPSA) is 77.9 Å². The van der Waals surface area contributed by atoms with Gasteiger partial charge in [0, 0.05) is 31.4 Å². The number of aliphatic carboxylic acids is 1. The summed E-state index contributed by atoms with van der Waals surface area (Å²) in [6.07, 6.45) is 2.53. The average molecular weight is 368 g/mol. The highest BCUT2D eigenvalue weighted by Gasteiger charge is 2.35. The van der Waals surface area contributed by atoms with Crippen LogP contribution in [-0.4, -0.2) is 47.9 Å². The number of benzene rings is 1. The third kappa shape index (κ3) is 4.16. The Hall–Kier alpha value is -3.15. The van der Waals surface area contributed by atoms with Crippen LogP contribution in [0.2, 0.25) is 0 Å². The first-order valence-electron chi connectivity index (χ1n) is 8.60. The molecule has 1 aliphatic heterocycles. The number of hydrogen-bond acceptors (Lipinski definition) is 4. The van der Waals surface area contributed by atoms with Gasteiger partial charge in [-0.25, -0.2) is 4.79 Å². The van der Waals surface area contributed by atoms with Gasteiger partial charge in [-0.2, -0.15) is 0 Å². The van der Waals surface area contributed by atoms with Gasteiger partial charge in [0.25, 0.3) is 11.8 Å². The molecule has 1 aromatic rings. The number of rotatable bonds is 7. The van der Waals surface area contributed by atoms with Crippen molar-refractivity contribution in [3.63, 3.8) is 0 Å². The summed E-state index contributed by atoms with van der Waals surface area (Å²) in [7, 11) is 1.90. The second-order valence-corrected chi connectivity index (χ2v) is 6.62. The van der Waals surface area contributed by atoms with Gasteiger partial charge in [0.05, 0.1) is 11.1 Å². The number of amides is 2. The summed E-state index contributed by atoms with van der Waals surface area (Å²) in [6.45, 7) is 9.68. The first-order chi connectivity index (χ1) is 12.7. The fourth-order valence-corrected chi connectivity index (χ4v) is 2.77. The van der Waals surface area contributed by atoms with Crippen molar-refractivity contribution in [2.45, 2.75) is 20.8 Å². The molecule has 0 spiro atoms. The van der Waals surface area contributed by atoms with Gasteiger partial charge in [0.2, 0.25) is 0 Å². The molecular formula is C21H24N2O4. The van der Waals surface area contributed by atoms with E-state index in [1.165, 1.54) is 30.2 Å². The quantitative estimate of drug-likeness (QED) is 0.591. The molecule has 1 heterocycles. The molecule has 0 atom stereocenters. The van der Waals surface area contributed by atoms with Gasteiger partial charge >= 0.3 is 5.97 Å². The molecule has 0 saturated heterocycles. The highest BCUT2D eigenvalue weighted by Crippen LogP contribution is 2.24. The number of hydrogen-bond donors (Lipinski definition) is 1. The van der Waals surface area contributed by atoms with Gasteiger partial charge in [0.15, 0.2) is 0 Å². The molecule has 0 aromatic heterocycles. The van der Waals surface area contributed by atoms with E-state index in [1.54, 1.807) is 0 Å². The van der Waals surface area contributed by atoms with Gasteiger partial charge in [-0.1, -0.05) is 18.7 Å². The molecule has 6 nitrogen and oxygen atoms in total. The Morgan fingerprint density at radius 1 is 1.19 bits per heavy atom. The predicted molar refractivity (Wildman–Crippen MR) is 105 cm³/mol. The zero-order chi connectivity index (χ0) is 20.3. The average Bonchev–Trinajstić information content (AvgIpc) is 2.84. The molecule has 0 unspecified atom stereocenters. The van der Waals surface area contributed by atoms with Gasteiger partial charge in [-0.15, -0.1) is 0 Å². The van der Waals surface area contributed by atoms with E-state index < -0.39 is 17.8 Å². The van der Waals surface area contributed by atoms with Crippen LogP contribution >= 0.6 is 0 Å². The van der Waals surface area contributed by atoms with Crippen LogP contribution < -0.4 is 4.90 Å². The molecular weight excluding hydrogens is 344 g/mol. The van der Waals surface area contributed by atoms with Crippen LogP contribution in [0.5, 0.6) is 0 Å². The highest BCUT2D eigenvalue weighted by molar-refractivity contribution is 6.22. The van der Waals surface area contributed by atoms with E-state index in [1.807, 2.05) is 37.9 Å². The Bertz CT molecular complexity index is 880. The molecule has 0 aliphatic carbocycles. The number of carbonyl (C=O) groups excluding carboxylic acids is 2. The van der Waals surface area contributed by atoms with Crippen molar-refractivity contribution in [1.82, 2.24) is 4.90 Å². The lowest BCUT2D eigenvalue weighted by atomic mass is 10.1. The Kier molecular flexibility index (Phi) is 6.00. The fourth-order valence-electron chi connectivity index (χ4n) is 2.77. The van der Waals surface area contributed by atoms with E-state index in [4.69, 9.17) is 5.11 Å². The molecule has 1 aromatic carbocycles. The monoisotopic (exact) mass is 368 g/mol. The minimum atomic E-state index is -1.14. The van der Waals surface area contributed by atoms with Crippen LogP contribution in [0.3, 0.4) is 0 Å². The minimum Gasteiger partial charge on any atom is -0.478 e. The molecule has 0 fully saturated rings. The summed E-state index contributed by atoms with van der Waals surface area (Å²) in [4.78, 5) is 39.3. The standard InChI is InChI=1S/C21H24N2O4/c1-6-17-18(12-15(4)21(26)27)20(25)23(19(17)24)10-9-22(5)16-8-7-13(2)14(3)11-16/h6-8,11-12H,1,9-10H2,2-5H3,(H,26,27)/b15-12+. The summed E-state index contributed by atoms with van der Waals surface area (Å²) in [5.41, 5.74) is 3.55. The van der Waals surface area contributed by atoms with Crippen molar-refractivity contribution in [3.05, 3.63) is 64.8 Å². The molecule has 6 heteroatoms. The number of imide groups is 1. The lowest BCUT2D eigenvalue weighted by Crippen LogP contribution is -2.38. The fraction of sp³-hybridized carbons (Fsp3) is 0.286. The smallest absolute Gasteiger partial charge is 0.331 e. The van der Waals surface area contributed by atoms with Crippen molar-refractivity contribution in [2.24, 2.45) is 0 Å². The van der Waals surface area contributed by atoms with Crippen LogP contribution in [0, 0.1) is 13.8 Å². The van der Waals surface area contributed by atoms with Crippen LogP contribution in [0.1, 0.15) is 18.1 Å². The maximum Gasteiger partial charge on any atom is 0.331 e. The third-order valence-corrected chi connectivity index (χ3v) is 4.73. The number of nitrogens with zero attached hydrogens (tertiary/aromatic N) is 2. The number of carboxylic acids is 1. The second kappa shape index (κ2) is 8.03. The van der Waals surface area contributed by atoms with E-state index in [-0.39, 0.29) is 23.3 Å². The first kappa shape index (κ1) is 20.2. The Morgan fingerprint density at radius 3 is 2.37 bits per heavy atom.